The molecule has 0 unspecified atom stereocenters. The van der Waals surface area contributed by atoms with E-state index in [0.29, 0.717) is 25.3 Å². The standard InChI is InChI=1S/C16H20N2O3S/c1-2-21-15-5-3-4-13(12-15)10-11-18-22(19,20)16-8-6-14(17)7-9-16/h3-9,12,18H,2,10-11,17H2,1H3. The van der Waals surface area contributed by atoms with Crippen molar-refractivity contribution in [1.29, 1.82) is 0 Å². The maximum absolute atomic E-state index is 12.1. The molecule has 0 saturated carbocycles. The second-order valence-electron chi connectivity index (χ2n) is 4.80. The molecule has 6 heteroatoms. The molecule has 0 atom stereocenters. The minimum Gasteiger partial charge on any atom is -0.494 e. The van der Waals surface area contributed by atoms with E-state index in [1.54, 1.807) is 12.1 Å². The van der Waals surface area contributed by atoms with Gasteiger partial charge < -0.3 is 10.5 Å². The van der Waals surface area contributed by atoms with Crippen molar-refractivity contribution < 1.29 is 13.2 Å². The molecule has 3 N–H and O–H groups in total. The Morgan fingerprint density at radius 1 is 1.14 bits per heavy atom. The number of anilines is 1. The Balaban J connectivity index is 1.95. The molecule has 0 radical (unpaired) electrons. The van der Waals surface area contributed by atoms with Gasteiger partial charge in [-0.05, 0) is 55.3 Å². The minimum absolute atomic E-state index is 0.213. The summed E-state index contributed by atoms with van der Waals surface area (Å²) < 4.78 is 32.3. The monoisotopic (exact) mass is 320 g/mol. The van der Waals surface area contributed by atoms with Gasteiger partial charge in [0.15, 0.2) is 0 Å². The summed E-state index contributed by atoms with van der Waals surface area (Å²) in [5.74, 6) is 0.793. The van der Waals surface area contributed by atoms with E-state index in [1.807, 2.05) is 31.2 Å². The molecule has 2 aromatic carbocycles. The zero-order valence-corrected chi connectivity index (χ0v) is 13.3. The number of nitrogens with one attached hydrogen (secondary N) is 1. The Morgan fingerprint density at radius 3 is 2.55 bits per heavy atom. The van der Waals surface area contributed by atoms with Crippen molar-refractivity contribution in [3.63, 3.8) is 0 Å². The summed E-state index contributed by atoms with van der Waals surface area (Å²) in [7, 11) is -3.50. The Labute approximate surface area is 131 Å². The number of sulfonamides is 1. The fraction of sp³-hybridized carbons (Fsp3) is 0.250. The van der Waals surface area contributed by atoms with Crippen LogP contribution in [0.1, 0.15) is 12.5 Å². The van der Waals surface area contributed by atoms with Gasteiger partial charge >= 0.3 is 0 Å². The van der Waals surface area contributed by atoms with Crippen molar-refractivity contribution in [2.24, 2.45) is 0 Å². The van der Waals surface area contributed by atoms with E-state index in [0.717, 1.165) is 11.3 Å². The van der Waals surface area contributed by atoms with Gasteiger partial charge in [0.05, 0.1) is 11.5 Å². The second kappa shape index (κ2) is 7.29. The van der Waals surface area contributed by atoms with E-state index in [1.165, 1.54) is 12.1 Å². The Morgan fingerprint density at radius 2 is 1.86 bits per heavy atom. The molecule has 2 rings (SSSR count). The first kappa shape index (κ1) is 16.3. The first-order valence-electron chi connectivity index (χ1n) is 7.08. The second-order valence-corrected chi connectivity index (χ2v) is 6.56. The van der Waals surface area contributed by atoms with Gasteiger partial charge in [-0.15, -0.1) is 0 Å². The quantitative estimate of drug-likeness (QED) is 0.766. The highest BCUT2D eigenvalue weighted by atomic mass is 32.2. The Bertz CT molecular complexity index is 712. The molecule has 0 saturated heterocycles. The van der Waals surface area contributed by atoms with Crippen LogP contribution in [0.4, 0.5) is 5.69 Å². The van der Waals surface area contributed by atoms with Gasteiger partial charge in [0.2, 0.25) is 10.0 Å². The topological polar surface area (TPSA) is 81.4 Å². The molecule has 5 nitrogen and oxygen atoms in total. The molecular formula is C16H20N2O3S. The van der Waals surface area contributed by atoms with E-state index >= 15 is 0 Å². The molecule has 0 aromatic heterocycles. The van der Waals surface area contributed by atoms with Crippen LogP contribution in [0.15, 0.2) is 53.4 Å². The van der Waals surface area contributed by atoms with Gasteiger partial charge in [-0.2, -0.15) is 0 Å². The van der Waals surface area contributed by atoms with E-state index in [9.17, 15) is 8.42 Å². The van der Waals surface area contributed by atoms with Crippen LogP contribution in [0.3, 0.4) is 0 Å². The average molecular weight is 320 g/mol. The minimum atomic E-state index is -3.50. The van der Waals surface area contributed by atoms with Crippen LogP contribution >= 0.6 is 0 Å². The molecule has 0 spiro atoms. The smallest absolute Gasteiger partial charge is 0.240 e. The molecule has 118 valence electrons. The van der Waals surface area contributed by atoms with Crippen LogP contribution in [0.5, 0.6) is 5.75 Å². The Kier molecular flexibility index (Phi) is 5.41. The lowest BCUT2D eigenvalue weighted by Gasteiger charge is -2.08. The number of ether oxygens (including phenoxy) is 1. The normalized spacial score (nSPS) is 11.3. The van der Waals surface area contributed by atoms with Gasteiger partial charge in [-0.25, -0.2) is 13.1 Å². The van der Waals surface area contributed by atoms with Gasteiger partial charge in [0.1, 0.15) is 5.75 Å². The number of hydrogen-bond acceptors (Lipinski definition) is 4. The SMILES string of the molecule is CCOc1cccc(CCNS(=O)(=O)c2ccc(N)cc2)c1. The molecule has 0 bridgehead atoms. The van der Waals surface area contributed by atoms with Crippen molar-refractivity contribution in [2.75, 3.05) is 18.9 Å². The number of nitrogen functional groups attached to an aromatic ring is 1. The van der Waals surface area contributed by atoms with Crippen LogP contribution in [-0.2, 0) is 16.4 Å². The molecule has 0 aliphatic heterocycles. The summed E-state index contributed by atoms with van der Waals surface area (Å²) in [6.45, 7) is 2.85. The lowest BCUT2D eigenvalue weighted by atomic mass is 10.1. The fourth-order valence-corrected chi connectivity index (χ4v) is 3.05. The van der Waals surface area contributed by atoms with Crippen molar-refractivity contribution in [2.45, 2.75) is 18.2 Å². The highest BCUT2D eigenvalue weighted by molar-refractivity contribution is 7.89. The number of hydrogen-bond donors (Lipinski definition) is 2. The first-order valence-corrected chi connectivity index (χ1v) is 8.56. The van der Waals surface area contributed by atoms with Gasteiger partial charge in [0, 0.05) is 12.2 Å². The lowest BCUT2D eigenvalue weighted by molar-refractivity contribution is 0.340. The average Bonchev–Trinajstić information content (AvgIpc) is 2.48. The molecule has 0 fully saturated rings. The van der Waals surface area contributed by atoms with Crippen LogP contribution in [-0.4, -0.2) is 21.6 Å². The highest BCUT2D eigenvalue weighted by Gasteiger charge is 2.12. The summed E-state index contributed by atoms with van der Waals surface area (Å²) >= 11 is 0. The van der Waals surface area contributed by atoms with E-state index in [4.69, 9.17) is 10.5 Å². The number of rotatable bonds is 7. The third-order valence-corrected chi connectivity index (χ3v) is 4.58. The molecule has 2 aromatic rings. The number of nitrogens with two attached hydrogens (primary N) is 1. The maximum Gasteiger partial charge on any atom is 0.240 e. The molecule has 22 heavy (non-hydrogen) atoms. The van der Waals surface area contributed by atoms with Crippen LogP contribution in [0, 0.1) is 0 Å². The largest absolute Gasteiger partial charge is 0.494 e. The van der Waals surface area contributed by atoms with Crippen molar-refractivity contribution in [1.82, 2.24) is 4.72 Å². The molecule has 0 amide bonds. The van der Waals surface area contributed by atoms with E-state index in [2.05, 4.69) is 4.72 Å². The van der Waals surface area contributed by atoms with Crippen LogP contribution in [0.2, 0.25) is 0 Å². The predicted octanol–water partition coefficient (Wildman–Crippen LogP) is 2.19. The van der Waals surface area contributed by atoms with E-state index in [-0.39, 0.29) is 4.90 Å². The molecule has 0 aliphatic carbocycles. The predicted molar refractivity (Wildman–Crippen MR) is 87.4 cm³/mol. The zero-order chi connectivity index (χ0) is 16.0. The first-order chi connectivity index (χ1) is 10.5. The van der Waals surface area contributed by atoms with Gasteiger partial charge in [0.25, 0.3) is 0 Å². The number of benzene rings is 2. The fourth-order valence-electron chi connectivity index (χ4n) is 2.02. The van der Waals surface area contributed by atoms with Gasteiger partial charge in [-0.1, -0.05) is 12.1 Å². The summed E-state index contributed by atoms with van der Waals surface area (Å²) in [5.41, 5.74) is 7.11. The van der Waals surface area contributed by atoms with Crippen molar-refractivity contribution >= 4 is 15.7 Å². The molecule has 0 heterocycles. The third kappa shape index (κ3) is 4.47. The summed E-state index contributed by atoms with van der Waals surface area (Å²) in [4.78, 5) is 0.213. The van der Waals surface area contributed by atoms with Crippen molar-refractivity contribution in [3.05, 3.63) is 54.1 Å². The summed E-state index contributed by atoms with van der Waals surface area (Å²) in [6, 6.07) is 13.8. The van der Waals surface area contributed by atoms with Crippen LogP contribution in [0.25, 0.3) is 0 Å². The van der Waals surface area contributed by atoms with Crippen LogP contribution < -0.4 is 15.2 Å². The van der Waals surface area contributed by atoms with Gasteiger partial charge in [-0.3, -0.25) is 0 Å². The maximum atomic E-state index is 12.1. The Hall–Kier alpha value is -2.05. The molecule has 0 aliphatic rings. The zero-order valence-electron chi connectivity index (χ0n) is 12.5. The summed E-state index contributed by atoms with van der Waals surface area (Å²) in [5, 5.41) is 0. The highest BCUT2D eigenvalue weighted by Crippen LogP contribution is 2.14. The summed E-state index contributed by atoms with van der Waals surface area (Å²) in [6.07, 6.45) is 0.592. The molecular weight excluding hydrogens is 300 g/mol. The lowest BCUT2D eigenvalue weighted by Crippen LogP contribution is -2.26. The van der Waals surface area contributed by atoms with Crippen molar-refractivity contribution in [3.8, 4) is 5.75 Å². The van der Waals surface area contributed by atoms with E-state index < -0.39 is 10.0 Å². The third-order valence-electron chi connectivity index (χ3n) is 3.11.